The van der Waals surface area contributed by atoms with Gasteiger partial charge in [0.2, 0.25) is 5.91 Å². The number of piperazine rings is 1. The first-order valence-electron chi connectivity index (χ1n) is 6.38. The van der Waals surface area contributed by atoms with E-state index in [1.807, 2.05) is 18.7 Å². The zero-order valence-corrected chi connectivity index (χ0v) is 11.1. The fraction of sp³-hybridized carbons (Fsp3) is 0.833. The summed E-state index contributed by atoms with van der Waals surface area (Å²) in [6, 6.07) is 0. The van der Waals surface area contributed by atoms with E-state index in [2.05, 4.69) is 0 Å². The lowest BCUT2D eigenvalue weighted by Gasteiger charge is -2.36. The summed E-state index contributed by atoms with van der Waals surface area (Å²) in [5.74, 6) is -0.616. The lowest BCUT2D eigenvalue weighted by atomic mass is 9.94. The van der Waals surface area contributed by atoms with Gasteiger partial charge in [-0.3, -0.25) is 14.5 Å². The molecule has 1 rings (SSSR count). The number of nitrogens with two attached hydrogens (primary N) is 1. The second-order valence-electron chi connectivity index (χ2n) is 5.08. The van der Waals surface area contributed by atoms with Crippen molar-refractivity contribution in [1.82, 2.24) is 9.80 Å². The Hall–Kier alpha value is -1.14. The van der Waals surface area contributed by atoms with Crippen LogP contribution >= 0.6 is 0 Å². The van der Waals surface area contributed by atoms with Crippen LogP contribution in [0.2, 0.25) is 0 Å². The fourth-order valence-corrected chi connectivity index (χ4v) is 2.21. The van der Waals surface area contributed by atoms with Crippen molar-refractivity contribution in [2.45, 2.75) is 13.8 Å². The van der Waals surface area contributed by atoms with E-state index in [0.29, 0.717) is 32.7 Å². The molecular weight excluding hydrogens is 234 g/mol. The zero-order chi connectivity index (χ0) is 13.7. The first-order valence-corrected chi connectivity index (χ1v) is 6.38. The van der Waals surface area contributed by atoms with Crippen LogP contribution in [0.4, 0.5) is 0 Å². The number of hydrogen-bond donors (Lipinski definition) is 2. The molecule has 0 radical (unpaired) electrons. The van der Waals surface area contributed by atoms with Gasteiger partial charge in [0.25, 0.3) is 0 Å². The molecule has 0 spiro atoms. The van der Waals surface area contributed by atoms with Crippen LogP contribution in [-0.2, 0) is 9.59 Å². The SMILES string of the molecule is CC(C)C(CN)C(=O)N1CCN(CC(=O)O)CC1. The minimum atomic E-state index is -0.822. The maximum Gasteiger partial charge on any atom is 0.317 e. The van der Waals surface area contributed by atoms with Gasteiger partial charge in [-0.15, -0.1) is 0 Å². The van der Waals surface area contributed by atoms with Gasteiger partial charge < -0.3 is 15.7 Å². The maximum atomic E-state index is 12.2. The van der Waals surface area contributed by atoms with Crippen molar-refractivity contribution >= 4 is 11.9 Å². The van der Waals surface area contributed by atoms with Crippen LogP contribution in [0.1, 0.15) is 13.8 Å². The van der Waals surface area contributed by atoms with E-state index in [4.69, 9.17) is 10.8 Å². The average Bonchev–Trinajstić information content (AvgIpc) is 2.29. The van der Waals surface area contributed by atoms with Crippen molar-refractivity contribution in [2.24, 2.45) is 17.6 Å². The second kappa shape index (κ2) is 6.70. The molecule has 0 aromatic heterocycles. The normalized spacial score (nSPS) is 19.0. The minimum absolute atomic E-state index is 0.0481. The van der Waals surface area contributed by atoms with Gasteiger partial charge in [-0.1, -0.05) is 13.8 Å². The van der Waals surface area contributed by atoms with E-state index in [0.717, 1.165) is 0 Å². The number of carbonyl (C=O) groups excluding carboxylic acids is 1. The smallest absolute Gasteiger partial charge is 0.317 e. The molecule has 0 bridgehead atoms. The van der Waals surface area contributed by atoms with Crippen LogP contribution in [-0.4, -0.2) is 66.1 Å². The van der Waals surface area contributed by atoms with Gasteiger partial charge in [0.05, 0.1) is 12.5 Å². The van der Waals surface area contributed by atoms with Crippen molar-refractivity contribution in [2.75, 3.05) is 39.3 Å². The van der Waals surface area contributed by atoms with Crippen LogP contribution < -0.4 is 5.73 Å². The average molecular weight is 257 g/mol. The Balaban J connectivity index is 2.47. The van der Waals surface area contributed by atoms with Crippen LogP contribution in [0.3, 0.4) is 0 Å². The molecule has 18 heavy (non-hydrogen) atoms. The van der Waals surface area contributed by atoms with Gasteiger partial charge in [0, 0.05) is 32.7 Å². The lowest BCUT2D eigenvalue weighted by Crippen LogP contribution is -2.52. The van der Waals surface area contributed by atoms with Gasteiger partial charge in [-0.05, 0) is 5.92 Å². The Morgan fingerprint density at radius 1 is 1.22 bits per heavy atom. The quantitative estimate of drug-likeness (QED) is 0.690. The number of hydrogen-bond acceptors (Lipinski definition) is 4. The first kappa shape index (κ1) is 14.9. The minimum Gasteiger partial charge on any atom is -0.480 e. The molecule has 3 N–H and O–H groups in total. The molecule has 104 valence electrons. The highest BCUT2D eigenvalue weighted by molar-refractivity contribution is 5.79. The van der Waals surface area contributed by atoms with Crippen molar-refractivity contribution < 1.29 is 14.7 Å². The number of rotatable bonds is 5. The number of nitrogens with zero attached hydrogens (tertiary/aromatic N) is 2. The molecule has 1 fully saturated rings. The third-order valence-electron chi connectivity index (χ3n) is 3.42. The Morgan fingerprint density at radius 2 is 1.78 bits per heavy atom. The Kier molecular flexibility index (Phi) is 5.55. The molecule has 1 aliphatic heterocycles. The molecule has 1 amide bonds. The number of carboxylic acid groups (broad SMARTS) is 1. The van der Waals surface area contributed by atoms with E-state index < -0.39 is 5.97 Å². The highest BCUT2D eigenvalue weighted by atomic mass is 16.4. The van der Waals surface area contributed by atoms with Gasteiger partial charge in [0.15, 0.2) is 0 Å². The van der Waals surface area contributed by atoms with E-state index in [9.17, 15) is 9.59 Å². The molecule has 1 atom stereocenters. The summed E-state index contributed by atoms with van der Waals surface area (Å²) in [5, 5.41) is 8.70. The van der Waals surface area contributed by atoms with E-state index in [-0.39, 0.29) is 24.3 Å². The number of aliphatic carboxylic acids is 1. The standard InChI is InChI=1S/C12H23N3O3/c1-9(2)10(7-13)12(18)15-5-3-14(4-6-15)8-11(16)17/h9-10H,3-8,13H2,1-2H3,(H,16,17). The summed E-state index contributed by atoms with van der Waals surface area (Å²) < 4.78 is 0. The second-order valence-corrected chi connectivity index (χ2v) is 5.08. The van der Waals surface area contributed by atoms with Gasteiger partial charge in [-0.25, -0.2) is 0 Å². The summed E-state index contributed by atoms with van der Waals surface area (Å²) in [6.07, 6.45) is 0. The summed E-state index contributed by atoms with van der Waals surface area (Å²) in [4.78, 5) is 26.4. The van der Waals surface area contributed by atoms with Crippen LogP contribution in [0.5, 0.6) is 0 Å². The summed E-state index contributed by atoms with van der Waals surface area (Å²) in [6.45, 7) is 6.83. The monoisotopic (exact) mass is 257 g/mol. The molecule has 1 heterocycles. The predicted molar refractivity (Wildman–Crippen MR) is 68.0 cm³/mol. The van der Waals surface area contributed by atoms with Gasteiger partial charge in [0.1, 0.15) is 0 Å². The third-order valence-corrected chi connectivity index (χ3v) is 3.42. The lowest BCUT2D eigenvalue weighted by molar-refractivity contribution is -0.140. The molecule has 1 unspecified atom stereocenters. The van der Waals surface area contributed by atoms with Gasteiger partial charge >= 0.3 is 5.97 Å². The van der Waals surface area contributed by atoms with E-state index in [1.165, 1.54) is 0 Å². The van der Waals surface area contributed by atoms with Crippen molar-refractivity contribution in [3.05, 3.63) is 0 Å². The number of amides is 1. The topological polar surface area (TPSA) is 86.9 Å². The molecule has 0 aromatic carbocycles. The van der Waals surface area contributed by atoms with Crippen molar-refractivity contribution in [1.29, 1.82) is 0 Å². The largest absolute Gasteiger partial charge is 0.480 e. The summed E-state index contributed by atoms with van der Waals surface area (Å²) in [5.41, 5.74) is 5.64. The molecule has 0 saturated carbocycles. The van der Waals surface area contributed by atoms with Crippen molar-refractivity contribution in [3.63, 3.8) is 0 Å². The first-order chi connectivity index (χ1) is 8.45. The van der Waals surface area contributed by atoms with Gasteiger partial charge in [-0.2, -0.15) is 0 Å². The summed E-state index contributed by atoms with van der Waals surface area (Å²) >= 11 is 0. The summed E-state index contributed by atoms with van der Waals surface area (Å²) in [7, 11) is 0. The Labute approximate surface area is 108 Å². The zero-order valence-electron chi connectivity index (χ0n) is 11.1. The molecule has 0 aliphatic carbocycles. The molecule has 6 nitrogen and oxygen atoms in total. The fourth-order valence-electron chi connectivity index (χ4n) is 2.21. The highest BCUT2D eigenvalue weighted by Crippen LogP contribution is 2.14. The molecule has 1 aliphatic rings. The van der Waals surface area contributed by atoms with E-state index >= 15 is 0 Å². The van der Waals surface area contributed by atoms with Crippen LogP contribution in [0.15, 0.2) is 0 Å². The molecular formula is C12H23N3O3. The third kappa shape index (κ3) is 3.96. The van der Waals surface area contributed by atoms with Crippen molar-refractivity contribution in [3.8, 4) is 0 Å². The van der Waals surface area contributed by atoms with E-state index in [1.54, 1.807) is 4.90 Å². The van der Waals surface area contributed by atoms with Crippen LogP contribution in [0.25, 0.3) is 0 Å². The predicted octanol–water partition coefficient (Wildman–Crippen LogP) is -0.554. The highest BCUT2D eigenvalue weighted by Gasteiger charge is 2.28. The molecule has 1 saturated heterocycles. The number of carbonyl (C=O) groups is 2. The van der Waals surface area contributed by atoms with Crippen LogP contribution in [0, 0.1) is 11.8 Å². The molecule has 0 aromatic rings. The maximum absolute atomic E-state index is 12.2. The molecule has 6 heteroatoms. The Morgan fingerprint density at radius 3 is 2.17 bits per heavy atom. The number of carboxylic acids is 1. The Bertz CT molecular complexity index is 299.